The summed E-state index contributed by atoms with van der Waals surface area (Å²) in [6.45, 7) is 5.93. The van der Waals surface area contributed by atoms with E-state index in [4.69, 9.17) is 25.8 Å². The second-order valence-corrected chi connectivity index (χ2v) is 7.88. The van der Waals surface area contributed by atoms with Gasteiger partial charge in [0.2, 0.25) is 0 Å². The first-order valence-corrected chi connectivity index (χ1v) is 9.79. The van der Waals surface area contributed by atoms with Crippen molar-refractivity contribution in [2.75, 3.05) is 7.11 Å². The minimum atomic E-state index is -0.639. The van der Waals surface area contributed by atoms with Gasteiger partial charge in [0.25, 0.3) is 5.91 Å². The number of benzene rings is 2. The number of carbonyl (C=O) groups is 1. The molecule has 1 aliphatic heterocycles. The third kappa shape index (κ3) is 4.53. The number of rotatable bonds is 6. The Hall–Kier alpha value is -2.40. The van der Waals surface area contributed by atoms with Gasteiger partial charge in [-0.2, -0.15) is 0 Å². The number of para-hydroxylation sites is 1. The van der Waals surface area contributed by atoms with Crippen molar-refractivity contribution in [3.05, 3.63) is 53.1 Å². The summed E-state index contributed by atoms with van der Waals surface area (Å²) in [7, 11) is 1.62. The van der Waals surface area contributed by atoms with Crippen LogP contribution in [0.3, 0.4) is 0 Å². The zero-order valence-electron chi connectivity index (χ0n) is 16.6. The van der Waals surface area contributed by atoms with E-state index in [1.165, 1.54) is 0 Å². The van der Waals surface area contributed by atoms with Gasteiger partial charge in [-0.25, -0.2) is 0 Å². The van der Waals surface area contributed by atoms with Crippen molar-refractivity contribution in [3.63, 3.8) is 0 Å². The van der Waals surface area contributed by atoms with Crippen molar-refractivity contribution in [1.82, 2.24) is 5.32 Å². The van der Waals surface area contributed by atoms with Crippen LogP contribution >= 0.6 is 11.6 Å². The van der Waals surface area contributed by atoms with Crippen LogP contribution in [-0.2, 0) is 4.79 Å². The Morgan fingerprint density at radius 3 is 2.75 bits per heavy atom. The maximum atomic E-state index is 13.0. The van der Waals surface area contributed by atoms with Crippen LogP contribution in [0, 0.1) is 0 Å². The van der Waals surface area contributed by atoms with Crippen LogP contribution in [0.25, 0.3) is 0 Å². The maximum Gasteiger partial charge on any atom is 0.261 e. The van der Waals surface area contributed by atoms with E-state index in [9.17, 15) is 4.79 Å². The van der Waals surface area contributed by atoms with Crippen molar-refractivity contribution in [2.45, 2.75) is 51.4 Å². The highest BCUT2D eigenvalue weighted by atomic mass is 35.5. The lowest BCUT2D eigenvalue weighted by atomic mass is 9.89. The maximum absolute atomic E-state index is 13.0. The van der Waals surface area contributed by atoms with Crippen molar-refractivity contribution in [3.8, 4) is 17.2 Å². The van der Waals surface area contributed by atoms with Crippen LogP contribution in [0.4, 0.5) is 0 Å². The molecule has 0 saturated heterocycles. The molecule has 1 amide bonds. The molecule has 0 unspecified atom stereocenters. The Kier molecular flexibility index (Phi) is 6.04. The second kappa shape index (κ2) is 8.31. The molecule has 5 nitrogen and oxygen atoms in total. The smallest absolute Gasteiger partial charge is 0.261 e. The first-order chi connectivity index (χ1) is 13.3. The number of hydrogen-bond donors (Lipinski definition) is 1. The van der Waals surface area contributed by atoms with Crippen molar-refractivity contribution < 1.29 is 19.0 Å². The predicted octanol–water partition coefficient (Wildman–Crippen LogP) is 4.92. The number of hydrogen-bond acceptors (Lipinski definition) is 4. The van der Waals surface area contributed by atoms with Crippen LogP contribution in [0.1, 0.15) is 45.2 Å². The third-order valence-corrected chi connectivity index (χ3v) is 5.07. The molecular formula is C22H26ClNO4. The molecule has 1 N–H and O–H groups in total. The van der Waals surface area contributed by atoms with E-state index in [0.717, 1.165) is 17.1 Å². The van der Waals surface area contributed by atoms with Crippen LogP contribution in [0.2, 0.25) is 5.02 Å². The van der Waals surface area contributed by atoms with Crippen molar-refractivity contribution in [2.24, 2.45) is 0 Å². The number of nitrogens with one attached hydrogen (secondary N) is 1. The molecular weight excluding hydrogens is 378 g/mol. The van der Waals surface area contributed by atoms with Gasteiger partial charge >= 0.3 is 0 Å². The zero-order valence-corrected chi connectivity index (χ0v) is 17.4. The minimum absolute atomic E-state index is 0.182. The first kappa shape index (κ1) is 20.3. The van der Waals surface area contributed by atoms with E-state index in [1.54, 1.807) is 19.2 Å². The quantitative estimate of drug-likeness (QED) is 0.743. The number of ether oxygens (including phenoxy) is 3. The summed E-state index contributed by atoms with van der Waals surface area (Å²) in [5, 5.41) is 3.61. The van der Waals surface area contributed by atoms with Gasteiger partial charge in [-0.1, -0.05) is 30.7 Å². The summed E-state index contributed by atoms with van der Waals surface area (Å²) >= 11 is 6.17. The fourth-order valence-corrected chi connectivity index (χ4v) is 3.55. The van der Waals surface area contributed by atoms with E-state index in [-0.39, 0.29) is 11.9 Å². The van der Waals surface area contributed by atoms with E-state index in [0.29, 0.717) is 23.6 Å². The molecule has 3 rings (SSSR count). The van der Waals surface area contributed by atoms with E-state index >= 15 is 0 Å². The van der Waals surface area contributed by atoms with Crippen molar-refractivity contribution >= 4 is 17.5 Å². The molecule has 0 aromatic heterocycles. The molecule has 0 spiro atoms. The fourth-order valence-electron chi connectivity index (χ4n) is 3.37. The lowest BCUT2D eigenvalue weighted by molar-refractivity contribution is -0.129. The summed E-state index contributed by atoms with van der Waals surface area (Å²) in [5.74, 6) is 1.79. The van der Waals surface area contributed by atoms with Crippen LogP contribution < -0.4 is 19.5 Å². The highest BCUT2D eigenvalue weighted by Crippen LogP contribution is 2.41. The SMILES string of the molecule is CC[C@H](Oc1ccccc1Cl)C(=O)N[C@@H]1CC(C)(C)Oc2ccc(OC)cc21. The standard InChI is InChI=1S/C22H26ClNO4/c1-5-18(27-20-9-7-6-8-16(20)23)21(25)24-17-13-22(2,3)28-19-11-10-14(26-4)12-15(17)19/h6-12,17-18H,5,13H2,1-4H3,(H,24,25)/t17-,18+/m1/s1. The van der Waals surface area contributed by atoms with Gasteiger partial charge in [0.1, 0.15) is 22.8 Å². The topological polar surface area (TPSA) is 56.8 Å². The summed E-state index contributed by atoms with van der Waals surface area (Å²) in [6.07, 6.45) is 0.524. The molecule has 1 aliphatic rings. The molecule has 2 aromatic carbocycles. The monoisotopic (exact) mass is 403 g/mol. The molecule has 6 heteroatoms. The Morgan fingerprint density at radius 2 is 2.07 bits per heavy atom. The van der Waals surface area contributed by atoms with E-state index in [1.807, 2.05) is 51.1 Å². The molecule has 1 heterocycles. The number of amides is 1. The molecule has 0 bridgehead atoms. The van der Waals surface area contributed by atoms with Gasteiger partial charge in [-0.3, -0.25) is 4.79 Å². The fraction of sp³-hybridized carbons (Fsp3) is 0.409. The summed E-state index contributed by atoms with van der Waals surface area (Å²) in [4.78, 5) is 13.0. The molecule has 28 heavy (non-hydrogen) atoms. The average Bonchev–Trinajstić information content (AvgIpc) is 2.66. The predicted molar refractivity (Wildman–Crippen MR) is 109 cm³/mol. The van der Waals surface area contributed by atoms with E-state index < -0.39 is 11.7 Å². The highest BCUT2D eigenvalue weighted by molar-refractivity contribution is 6.32. The van der Waals surface area contributed by atoms with Crippen molar-refractivity contribution in [1.29, 1.82) is 0 Å². The number of carbonyl (C=O) groups excluding carboxylic acids is 1. The third-order valence-electron chi connectivity index (χ3n) is 4.76. The van der Waals surface area contributed by atoms with Crippen LogP contribution in [-0.4, -0.2) is 24.7 Å². The van der Waals surface area contributed by atoms with Gasteiger partial charge in [0, 0.05) is 12.0 Å². The second-order valence-electron chi connectivity index (χ2n) is 7.48. The zero-order chi connectivity index (χ0) is 20.3. The van der Waals surface area contributed by atoms with Gasteiger partial charge in [-0.15, -0.1) is 0 Å². The Morgan fingerprint density at radius 1 is 1.32 bits per heavy atom. The minimum Gasteiger partial charge on any atom is -0.497 e. The Balaban J connectivity index is 1.81. The van der Waals surface area contributed by atoms with Gasteiger partial charge in [0.05, 0.1) is 18.2 Å². The Bertz CT molecular complexity index is 852. The number of methoxy groups -OCH3 is 1. The molecule has 150 valence electrons. The summed E-state index contributed by atoms with van der Waals surface area (Å²) in [5.41, 5.74) is 0.504. The Labute approximate surface area is 170 Å². The molecule has 2 atom stereocenters. The normalized spacial score (nSPS) is 18.4. The largest absolute Gasteiger partial charge is 0.497 e. The van der Waals surface area contributed by atoms with Gasteiger partial charge in [0.15, 0.2) is 6.10 Å². The van der Waals surface area contributed by atoms with Gasteiger partial charge in [-0.05, 0) is 50.6 Å². The summed E-state index contributed by atoms with van der Waals surface area (Å²) < 4.78 is 17.3. The number of halogens is 1. The molecule has 0 aliphatic carbocycles. The molecule has 0 saturated carbocycles. The first-order valence-electron chi connectivity index (χ1n) is 9.41. The lowest BCUT2D eigenvalue weighted by Gasteiger charge is -2.38. The molecule has 0 radical (unpaired) electrons. The highest BCUT2D eigenvalue weighted by Gasteiger charge is 2.36. The average molecular weight is 404 g/mol. The van der Waals surface area contributed by atoms with E-state index in [2.05, 4.69) is 5.32 Å². The summed E-state index contributed by atoms with van der Waals surface area (Å²) in [6, 6.07) is 12.6. The van der Waals surface area contributed by atoms with Crippen LogP contribution in [0.15, 0.2) is 42.5 Å². The van der Waals surface area contributed by atoms with Gasteiger partial charge < -0.3 is 19.5 Å². The molecule has 2 aromatic rings. The lowest BCUT2D eigenvalue weighted by Crippen LogP contribution is -2.45. The molecule has 0 fully saturated rings. The number of fused-ring (bicyclic) bond motifs is 1. The van der Waals surface area contributed by atoms with Crippen LogP contribution in [0.5, 0.6) is 17.2 Å².